The number of aromatic nitrogens is 2. The van der Waals surface area contributed by atoms with Crippen molar-refractivity contribution in [3.63, 3.8) is 0 Å². The van der Waals surface area contributed by atoms with Crippen LogP contribution in [0.3, 0.4) is 0 Å². The Kier molecular flexibility index (Phi) is 2.85. The highest BCUT2D eigenvalue weighted by Gasteiger charge is 2.20. The zero-order valence-electron chi connectivity index (χ0n) is 8.10. The van der Waals surface area contributed by atoms with Crippen LogP contribution in [0.4, 0.5) is 11.6 Å². The van der Waals surface area contributed by atoms with Gasteiger partial charge < -0.3 is 15.4 Å². The molecule has 1 rings (SSSR count). The topological polar surface area (TPSA) is 73.0 Å². The molecular formula is C8H12N4O2. The Morgan fingerprint density at radius 3 is 3.00 bits per heavy atom. The Balaban J connectivity index is 2.99. The fourth-order valence-electron chi connectivity index (χ4n) is 0.992. The predicted molar refractivity (Wildman–Crippen MR) is 53.1 cm³/mol. The maximum atomic E-state index is 10.6. The number of nitrogens with one attached hydrogen (secondary N) is 1. The Bertz CT molecular complexity index is 358. The molecule has 0 spiro atoms. The lowest BCUT2D eigenvalue weighted by atomic mass is 10.3. The highest BCUT2D eigenvalue weighted by atomic mass is 16.6. The van der Waals surface area contributed by atoms with E-state index in [1.165, 1.54) is 6.33 Å². The minimum absolute atomic E-state index is 0.0379. The number of aryl methyl sites for hydroxylation is 1. The maximum absolute atomic E-state index is 10.6. The summed E-state index contributed by atoms with van der Waals surface area (Å²) in [7, 11) is 1.69. The first-order chi connectivity index (χ1) is 6.56. The van der Waals surface area contributed by atoms with E-state index < -0.39 is 4.92 Å². The normalized spacial score (nSPS) is 12.1. The lowest BCUT2D eigenvalue weighted by molar-refractivity contribution is -0.388. The summed E-state index contributed by atoms with van der Waals surface area (Å²) < 4.78 is 1.57. The molecule has 6 nitrogen and oxygen atoms in total. The van der Waals surface area contributed by atoms with Gasteiger partial charge in [-0.05, 0) is 16.8 Å². The van der Waals surface area contributed by atoms with E-state index in [4.69, 9.17) is 0 Å². The van der Waals surface area contributed by atoms with Gasteiger partial charge in [-0.15, -0.1) is 6.58 Å². The van der Waals surface area contributed by atoms with E-state index in [0.29, 0.717) is 5.82 Å². The van der Waals surface area contributed by atoms with Gasteiger partial charge in [-0.1, -0.05) is 6.08 Å². The largest absolute Gasteiger partial charge is 0.406 e. The van der Waals surface area contributed by atoms with E-state index in [-0.39, 0.29) is 11.9 Å². The van der Waals surface area contributed by atoms with Crippen LogP contribution in [0, 0.1) is 10.1 Å². The van der Waals surface area contributed by atoms with Gasteiger partial charge in [-0.25, -0.2) is 0 Å². The smallest absolute Gasteiger partial charge is 0.358 e. The van der Waals surface area contributed by atoms with Gasteiger partial charge in [0.1, 0.15) is 0 Å². The van der Waals surface area contributed by atoms with E-state index >= 15 is 0 Å². The monoisotopic (exact) mass is 196 g/mol. The first-order valence-corrected chi connectivity index (χ1v) is 4.11. The molecule has 0 aliphatic heterocycles. The third kappa shape index (κ3) is 1.90. The molecule has 0 fully saturated rings. The summed E-state index contributed by atoms with van der Waals surface area (Å²) in [6, 6.07) is -0.0379. The number of imidazole rings is 1. The number of nitro groups is 1. The number of rotatable bonds is 4. The Morgan fingerprint density at radius 1 is 1.86 bits per heavy atom. The zero-order chi connectivity index (χ0) is 10.7. The molecule has 76 valence electrons. The van der Waals surface area contributed by atoms with E-state index in [1.807, 2.05) is 6.92 Å². The van der Waals surface area contributed by atoms with Gasteiger partial charge in [-0.2, -0.15) is 0 Å². The van der Waals surface area contributed by atoms with E-state index in [9.17, 15) is 10.1 Å². The van der Waals surface area contributed by atoms with Crippen LogP contribution in [0.25, 0.3) is 0 Å². The molecule has 1 atom stereocenters. The summed E-state index contributed by atoms with van der Waals surface area (Å²) in [6.07, 6.45) is 3.06. The number of anilines is 1. The molecule has 1 aromatic rings. The molecule has 1 unspecified atom stereocenters. The maximum Gasteiger partial charge on any atom is 0.406 e. The van der Waals surface area contributed by atoms with Crippen molar-refractivity contribution < 1.29 is 4.92 Å². The van der Waals surface area contributed by atoms with Crippen molar-refractivity contribution in [3.8, 4) is 0 Å². The van der Waals surface area contributed by atoms with Gasteiger partial charge >= 0.3 is 5.82 Å². The third-order valence-electron chi connectivity index (χ3n) is 1.81. The molecule has 1 N–H and O–H groups in total. The second kappa shape index (κ2) is 3.91. The van der Waals surface area contributed by atoms with Crippen molar-refractivity contribution in [1.29, 1.82) is 0 Å². The van der Waals surface area contributed by atoms with Crippen LogP contribution in [0.2, 0.25) is 0 Å². The van der Waals surface area contributed by atoms with Gasteiger partial charge in [0.2, 0.25) is 12.1 Å². The second-order valence-corrected chi connectivity index (χ2v) is 2.95. The summed E-state index contributed by atoms with van der Waals surface area (Å²) >= 11 is 0. The fourth-order valence-corrected chi connectivity index (χ4v) is 0.992. The molecule has 0 aliphatic rings. The first kappa shape index (κ1) is 10.2. The molecule has 0 amide bonds. The molecule has 1 aromatic heterocycles. The summed E-state index contributed by atoms with van der Waals surface area (Å²) in [5.74, 6) is 0.226. The minimum Gasteiger partial charge on any atom is -0.358 e. The molecule has 0 aromatic carbocycles. The van der Waals surface area contributed by atoms with Crippen molar-refractivity contribution in [2.45, 2.75) is 13.0 Å². The molecule has 0 bridgehead atoms. The average molecular weight is 196 g/mol. The highest BCUT2D eigenvalue weighted by molar-refractivity contribution is 5.53. The molecule has 1 heterocycles. The lowest BCUT2D eigenvalue weighted by Crippen LogP contribution is -2.14. The van der Waals surface area contributed by atoms with Gasteiger partial charge in [0, 0.05) is 13.1 Å². The Hall–Kier alpha value is -1.85. The van der Waals surface area contributed by atoms with Crippen molar-refractivity contribution in [2.75, 3.05) is 5.32 Å². The molecule has 14 heavy (non-hydrogen) atoms. The van der Waals surface area contributed by atoms with E-state index in [0.717, 1.165) is 0 Å². The molecule has 6 heteroatoms. The van der Waals surface area contributed by atoms with Gasteiger partial charge in [0.05, 0.1) is 0 Å². The minimum atomic E-state index is -0.516. The Labute approximate surface area is 81.4 Å². The summed E-state index contributed by atoms with van der Waals surface area (Å²) in [4.78, 5) is 13.7. The molecule has 0 aliphatic carbocycles. The van der Waals surface area contributed by atoms with E-state index in [2.05, 4.69) is 16.9 Å². The highest BCUT2D eigenvalue weighted by Crippen LogP contribution is 2.21. The van der Waals surface area contributed by atoms with Crippen molar-refractivity contribution in [3.05, 3.63) is 29.1 Å². The van der Waals surface area contributed by atoms with Crippen LogP contribution in [0.15, 0.2) is 19.0 Å². The average Bonchev–Trinajstić information content (AvgIpc) is 2.48. The predicted octanol–water partition coefficient (Wildman–Crippen LogP) is 1.31. The SMILES string of the molecule is C=CC(C)Nc1c([N+](=O)[O-])ncn1C. The van der Waals surface area contributed by atoms with Gasteiger partial charge in [0.15, 0.2) is 0 Å². The van der Waals surface area contributed by atoms with Crippen molar-refractivity contribution >= 4 is 11.6 Å². The Morgan fingerprint density at radius 2 is 2.50 bits per heavy atom. The van der Waals surface area contributed by atoms with Crippen LogP contribution in [-0.2, 0) is 7.05 Å². The third-order valence-corrected chi connectivity index (χ3v) is 1.81. The molecule has 0 saturated carbocycles. The fraction of sp³-hybridized carbons (Fsp3) is 0.375. The van der Waals surface area contributed by atoms with Crippen LogP contribution in [-0.4, -0.2) is 20.5 Å². The van der Waals surface area contributed by atoms with Gasteiger partial charge in [-0.3, -0.25) is 4.57 Å². The number of hydrogen-bond acceptors (Lipinski definition) is 4. The quantitative estimate of drug-likeness (QED) is 0.447. The summed E-state index contributed by atoms with van der Waals surface area (Å²) in [5.41, 5.74) is 0. The van der Waals surface area contributed by atoms with Crippen LogP contribution >= 0.6 is 0 Å². The lowest BCUT2D eigenvalue weighted by Gasteiger charge is -2.09. The van der Waals surface area contributed by atoms with Gasteiger partial charge in [0.25, 0.3) is 0 Å². The number of nitrogens with zero attached hydrogens (tertiary/aromatic N) is 3. The first-order valence-electron chi connectivity index (χ1n) is 4.11. The van der Waals surface area contributed by atoms with Crippen LogP contribution < -0.4 is 5.32 Å². The molecule has 0 saturated heterocycles. The van der Waals surface area contributed by atoms with Crippen molar-refractivity contribution in [1.82, 2.24) is 9.55 Å². The summed E-state index contributed by atoms with van der Waals surface area (Å²) in [5, 5.41) is 13.5. The van der Waals surface area contributed by atoms with E-state index in [1.54, 1.807) is 17.7 Å². The molecular weight excluding hydrogens is 184 g/mol. The van der Waals surface area contributed by atoms with Crippen LogP contribution in [0.1, 0.15) is 6.92 Å². The zero-order valence-corrected chi connectivity index (χ0v) is 8.10. The van der Waals surface area contributed by atoms with Crippen molar-refractivity contribution in [2.24, 2.45) is 7.05 Å². The summed E-state index contributed by atoms with van der Waals surface area (Å²) in [6.45, 7) is 5.43. The standard InChI is InChI=1S/C8H12N4O2/c1-4-6(2)10-8-7(12(13)14)9-5-11(8)3/h4-6,10H,1H2,2-3H3. The van der Waals surface area contributed by atoms with Crippen LogP contribution in [0.5, 0.6) is 0 Å². The second-order valence-electron chi connectivity index (χ2n) is 2.95. The molecule has 0 radical (unpaired) electrons. The number of hydrogen-bond donors (Lipinski definition) is 1.